The monoisotopic (exact) mass is 404 g/mol. The molecular weight excluding hydrogens is 375 g/mol. The Kier molecular flexibility index (Phi) is 11.7. The highest BCUT2D eigenvalue weighted by Crippen LogP contribution is 2.36. The molecule has 0 amide bonds. The Balaban J connectivity index is 0.00000338. The first-order chi connectivity index (χ1) is 12.2. The molecule has 2 rings (SSSR count). The van der Waals surface area contributed by atoms with E-state index in [9.17, 15) is 0 Å². The molecule has 1 N–H and O–H groups in total. The van der Waals surface area contributed by atoms with Crippen LogP contribution in [0.15, 0.2) is 24.8 Å². The molecule has 7 heteroatoms. The van der Waals surface area contributed by atoms with E-state index in [1.165, 1.54) is 0 Å². The molecule has 0 atom stereocenters. The first-order valence-electron chi connectivity index (χ1n) is 8.94. The Bertz CT molecular complexity index is 538. The molecule has 0 aliphatic carbocycles. The van der Waals surface area contributed by atoms with Crippen molar-refractivity contribution in [1.29, 1.82) is 0 Å². The smallest absolute Gasteiger partial charge is 0.180 e. The maximum absolute atomic E-state index is 6.36. The first kappa shape index (κ1) is 23.1. The number of benzene rings is 1. The van der Waals surface area contributed by atoms with Gasteiger partial charge >= 0.3 is 0 Å². The number of morpholine rings is 1. The fourth-order valence-corrected chi connectivity index (χ4v) is 3.04. The van der Waals surface area contributed by atoms with E-state index >= 15 is 0 Å². The molecule has 0 unspecified atom stereocenters. The van der Waals surface area contributed by atoms with Crippen LogP contribution < -0.4 is 14.8 Å². The second-order valence-electron chi connectivity index (χ2n) is 5.92. The van der Waals surface area contributed by atoms with Gasteiger partial charge in [0.2, 0.25) is 0 Å². The number of nitrogens with zero attached hydrogens (tertiary/aromatic N) is 1. The lowest BCUT2D eigenvalue weighted by molar-refractivity contribution is 0.0374. The summed E-state index contributed by atoms with van der Waals surface area (Å²) in [6, 6.07) is 3.92. The normalized spacial score (nSPS) is 14.5. The summed E-state index contributed by atoms with van der Waals surface area (Å²) in [4.78, 5) is 2.45. The lowest BCUT2D eigenvalue weighted by Gasteiger charge is -2.26. The van der Waals surface area contributed by atoms with Crippen molar-refractivity contribution in [2.75, 3.05) is 52.6 Å². The van der Waals surface area contributed by atoms with Crippen molar-refractivity contribution in [3.8, 4) is 11.5 Å². The summed E-state index contributed by atoms with van der Waals surface area (Å²) >= 11 is 6.36. The van der Waals surface area contributed by atoms with Gasteiger partial charge in [-0.1, -0.05) is 24.3 Å². The van der Waals surface area contributed by atoms with E-state index in [1.807, 2.05) is 19.1 Å². The summed E-state index contributed by atoms with van der Waals surface area (Å²) in [5.41, 5.74) is 1.09. The van der Waals surface area contributed by atoms with Gasteiger partial charge in [-0.25, -0.2) is 0 Å². The van der Waals surface area contributed by atoms with E-state index in [0.717, 1.165) is 57.9 Å². The fourth-order valence-electron chi connectivity index (χ4n) is 2.75. The molecular formula is C19H30Cl2N2O3. The molecule has 1 saturated heterocycles. The second-order valence-corrected chi connectivity index (χ2v) is 6.33. The minimum atomic E-state index is 0. The van der Waals surface area contributed by atoms with E-state index in [0.29, 0.717) is 29.7 Å². The summed E-state index contributed by atoms with van der Waals surface area (Å²) in [5.74, 6) is 1.27. The summed E-state index contributed by atoms with van der Waals surface area (Å²) < 4.78 is 16.7. The summed E-state index contributed by atoms with van der Waals surface area (Å²) in [7, 11) is 0. The lowest BCUT2D eigenvalue weighted by Crippen LogP contribution is -2.37. The van der Waals surface area contributed by atoms with Crippen molar-refractivity contribution in [1.82, 2.24) is 10.2 Å². The standard InChI is InChI=1S/C19H29ClN2O3.ClH/c1-3-10-25-19-17(20)13-16(14-18(19)24-4-2)15-21-6-5-7-22-8-11-23-12-9-22;/h3,13-14,21H,1,4-12,15H2,2H3;1H. The average molecular weight is 405 g/mol. The second kappa shape index (κ2) is 13.2. The number of ether oxygens (including phenoxy) is 3. The van der Waals surface area contributed by atoms with Crippen molar-refractivity contribution >= 4 is 24.0 Å². The number of rotatable bonds is 11. The van der Waals surface area contributed by atoms with E-state index in [-0.39, 0.29) is 12.4 Å². The van der Waals surface area contributed by atoms with Gasteiger partial charge in [0.15, 0.2) is 11.5 Å². The van der Waals surface area contributed by atoms with Crippen LogP contribution in [-0.2, 0) is 11.3 Å². The number of nitrogens with one attached hydrogen (secondary N) is 1. The molecule has 0 radical (unpaired) electrons. The Morgan fingerprint density at radius 2 is 2.08 bits per heavy atom. The molecule has 1 fully saturated rings. The SMILES string of the molecule is C=CCOc1c(Cl)cc(CNCCCN2CCOCC2)cc1OCC.Cl. The van der Waals surface area contributed by atoms with Crippen LogP contribution in [0.5, 0.6) is 11.5 Å². The molecule has 1 aromatic rings. The molecule has 0 bridgehead atoms. The predicted octanol–water partition coefficient (Wildman–Crippen LogP) is 3.54. The van der Waals surface area contributed by atoms with E-state index in [4.69, 9.17) is 25.8 Å². The third kappa shape index (κ3) is 7.72. The molecule has 1 aliphatic heterocycles. The van der Waals surface area contributed by atoms with Gasteiger partial charge in [-0.05, 0) is 44.1 Å². The third-order valence-corrected chi connectivity index (χ3v) is 4.26. The molecule has 1 aliphatic rings. The van der Waals surface area contributed by atoms with Crippen LogP contribution in [-0.4, -0.2) is 57.5 Å². The lowest BCUT2D eigenvalue weighted by atomic mass is 10.2. The molecule has 1 heterocycles. The van der Waals surface area contributed by atoms with Crippen molar-refractivity contribution in [2.24, 2.45) is 0 Å². The van der Waals surface area contributed by atoms with Gasteiger partial charge in [0, 0.05) is 19.6 Å². The maximum Gasteiger partial charge on any atom is 0.180 e. The fraction of sp³-hybridized carbons (Fsp3) is 0.579. The van der Waals surface area contributed by atoms with Crippen molar-refractivity contribution in [2.45, 2.75) is 19.9 Å². The van der Waals surface area contributed by atoms with Gasteiger partial charge in [0.05, 0.1) is 24.8 Å². The minimum Gasteiger partial charge on any atom is -0.490 e. The zero-order valence-electron chi connectivity index (χ0n) is 15.5. The highest BCUT2D eigenvalue weighted by molar-refractivity contribution is 6.32. The van der Waals surface area contributed by atoms with Crippen LogP contribution in [0.2, 0.25) is 5.02 Å². The molecule has 26 heavy (non-hydrogen) atoms. The molecule has 0 spiro atoms. The molecule has 5 nitrogen and oxygen atoms in total. The van der Waals surface area contributed by atoms with Crippen LogP contribution in [0.4, 0.5) is 0 Å². The van der Waals surface area contributed by atoms with Gasteiger partial charge in [-0.3, -0.25) is 4.90 Å². The third-order valence-electron chi connectivity index (χ3n) is 3.98. The van der Waals surface area contributed by atoms with Crippen LogP contribution in [0.3, 0.4) is 0 Å². The van der Waals surface area contributed by atoms with E-state index < -0.39 is 0 Å². The van der Waals surface area contributed by atoms with Crippen molar-refractivity contribution in [3.05, 3.63) is 35.4 Å². The van der Waals surface area contributed by atoms with Gasteiger partial charge in [-0.2, -0.15) is 0 Å². The predicted molar refractivity (Wildman–Crippen MR) is 109 cm³/mol. The summed E-state index contributed by atoms with van der Waals surface area (Å²) in [6.07, 6.45) is 2.81. The maximum atomic E-state index is 6.36. The Morgan fingerprint density at radius 3 is 2.77 bits per heavy atom. The largest absolute Gasteiger partial charge is 0.490 e. The van der Waals surface area contributed by atoms with Gasteiger partial charge in [0.25, 0.3) is 0 Å². The Morgan fingerprint density at radius 1 is 1.31 bits per heavy atom. The van der Waals surface area contributed by atoms with Gasteiger partial charge in [-0.15, -0.1) is 12.4 Å². The number of hydrogen-bond donors (Lipinski definition) is 1. The highest BCUT2D eigenvalue weighted by atomic mass is 35.5. The first-order valence-corrected chi connectivity index (χ1v) is 9.32. The molecule has 1 aromatic carbocycles. The van der Waals surface area contributed by atoms with Gasteiger partial charge in [0.1, 0.15) is 6.61 Å². The minimum absolute atomic E-state index is 0. The van der Waals surface area contributed by atoms with Gasteiger partial charge < -0.3 is 19.5 Å². The molecule has 0 saturated carbocycles. The molecule has 148 valence electrons. The molecule has 0 aromatic heterocycles. The van der Waals surface area contributed by atoms with Crippen molar-refractivity contribution < 1.29 is 14.2 Å². The average Bonchev–Trinajstić information content (AvgIpc) is 2.62. The highest BCUT2D eigenvalue weighted by Gasteiger charge is 2.12. The van der Waals surface area contributed by atoms with Crippen molar-refractivity contribution in [3.63, 3.8) is 0 Å². The van der Waals surface area contributed by atoms with Crippen LogP contribution in [0, 0.1) is 0 Å². The Hall–Kier alpha value is -0.980. The van der Waals surface area contributed by atoms with E-state index in [1.54, 1.807) is 6.08 Å². The Labute approximate surface area is 168 Å². The number of hydrogen-bond acceptors (Lipinski definition) is 5. The van der Waals surface area contributed by atoms with E-state index in [2.05, 4.69) is 16.8 Å². The quantitative estimate of drug-likeness (QED) is 0.451. The van der Waals surface area contributed by atoms with Crippen LogP contribution >= 0.6 is 24.0 Å². The van der Waals surface area contributed by atoms with Crippen LogP contribution in [0.1, 0.15) is 18.9 Å². The topological polar surface area (TPSA) is 43.0 Å². The zero-order valence-corrected chi connectivity index (χ0v) is 17.0. The van der Waals surface area contributed by atoms with Crippen LogP contribution in [0.25, 0.3) is 0 Å². The number of halogens is 2. The summed E-state index contributed by atoms with van der Waals surface area (Å²) in [5, 5.41) is 4.04. The zero-order chi connectivity index (χ0) is 17.9. The summed E-state index contributed by atoms with van der Waals surface area (Å²) in [6.45, 7) is 13.2.